The van der Waals surface area contributed by atoms with Crippen LogP contribution in [0.3, 0.4) is 0 Å². The fourth-order valence-corrected chi connectivity index (χ4v) is 3.74. The molecule has 0 atom stereocenters. The molecular formula is C12H21NO4S2. The van der Waals surface area contributed by atoms with Gasteiger partial charge in [-0.05, 0) is 23.8 Å². The maximum atomic E-state index is 11.9. The van der Waals surface area contributed by atoms with Crippen LogP contribution in [0.15, 0.2) is 16.3 Å². The molecule has 110 valence electrons. The number of nitrogens with one attached hydrogen (secondary N) is 1. The lowest BCUT2D eigenvalue weighted by molar-refractivity contribution is 0.128. The molecule has 0 spiro atoms. The summed E-state index contributed by atoms with van der Waals surface area (Å²) >= 11 is 1.23. The summed E-state index contributed by atoms with van der Waals surface area (Å²) in [5.74, 6) is 0.578. The van der Waals surface area contributed by atoms with Crippen LogP contribution in [0.25, 0.3) is 0 Å². The average molecular weight is 307 g/mol. The van der Waals surface area contributed by atoms with E-state index in [0.29, 0.717) is 24.0 Å². The molecule has 0 radical (unpaired) electrons. The molecule has 2 N–H and O–H groups in total. The molecule has 7 heteroatoms. The third kappa shape index (κ3) is 5.58. The summed E-state index contributed by atoms with van der Waals surface area (Å²) in [5.41, 5.74) is 0. The molecule has 1 aromatic rings. The minimum absolute atomic E-state index is 0.155. The molecule has 0 aliphatic rings. The standard InChI is InChI=1S/C12H21NO4S2/c1-10(2)3-6-17-7-5-13-19(15,16)12-4-8-18-11(12)9-14/h4,8,10,13-14H,3,5-7,9H2,1-2H3. The van der Waals surface area contributed by atoms with Crippen molar-refractivity contribution >= 4 is 21.4 Å². The minimum atomic E-state index is -3.54. The van der Waals surface area contributed by atoms with Gasteiger partial charge >= 0.3 is 0 Å². The van der Waals surface area contributed by atoms with Crippen LogP contribution in [-0.4, -0.2) is 33.3 Å². The number of rotatable bonds is 9. The molecule has 0 fully saturated rings. The Hall–Kier alpha value is -0.470. The second kappa shape index (κ2) is 7.96. The molecule has 0 saturated heterocycles. The first-order chi connectivity index (χ1) is 8.97. The van der Waals surface area contributed by atoms with Crippen molar-refractivity contribution in [3.63, 3.8) is 0 Å². The SMILES string of the molecule is CC(C)CCOCCNS(=O)(=O)c1ccsc1CO. The Bertz CT molecular complexity index is 468. The molecule has 19 heavy (non-hydrogen) atoms. The molecule has 5 nitrogen and oxygen atoms in total. The quantitative estimate of drug-likeness (QED) is 0.679. The molecule has 0 aromatic carbocycles. The Morgan fingerprint density at radius 2 is 2.16 bits per heavy atom. The maximum Gasteiger partial charge on any atom is 0.241 e. The van der Waals surface area contributed by atoms with Crippen LogP contribution < -0.4 is 4.72 Å². The van der Waals surface area contributed by atoms with Crippen molar-refractivity contribution in [1.29, 1.82) is 0 Å². The van der Waals surface area contributed by atoms with E-state index in [0.717, 1.165) is 6.42 Å². The van der Waals surface area contributed by atoms with Crippen LogP contribution in [-0.2, 0) is 21.4 Å². The molecule has 0 aliphatic carbocycles. The molecule has 0 amide bonds. The van der Waals surface area contributed by atoms with Crippen molar-refractivity contribution in [2.75, 3.05) is 19.8 Å². The highest BCUT2D eigenvalue weighted by Crippen LogP contribution is 2.21. The van der Waals surface area contributed by atoms with Gasteiger partial charge in [0.1, 0.15) is 0 Å². The zero-order valence-corrected chi connectivity index (χ0v) is 12.9. The van der Waals surface area contributed by atoms with Gasteiger partial charge in [-0.2, -0.15) is 0 Å². The van der Waals surface area contributed by atoms with Gasteiger partial charge in [-0.3, -0.25) is 0 Å². The molecule has 1 heterocycles. The highest BCUT2D eigenvalue weighted by molar-refractivity contribution is 7.89. The zero-order valence-electron chi connectivity index (χ0n) is 11.3. The monoisotopic (exact) mass is 307 g/mol. The van der Waals surface area contributed by atoms with E-state index in [1.807, 2.05) is 0 Å². The normalized spacial score (nSPS) is 12.2. The van der Waals surface area contributed by atoms with Crippen LogP contribution in [0.4, 0.5) is 0 Å². The van der Waals surface area contributed by atoms with E-state index in [1.165, 1.54) is 17.4 Å². The van der Waals surface area contributed by atoms with Gasteiger partial charge in [0, 0.05) is 18.0 Å². The Morgan fingerprint density at radius 3 is 2.79 bits per heavy atom. The second-order valence-corrected chi connectivity index (χ2v) is 7.29. The molecule has 1 aromatic heterocycles. The number of hydrogen-bond acceptors (Lipinski definition) is 5. The first-order valence-electron chi connectivity index (χ1n) is 6.22. The van der Waals surface area contributed by atoms with Crippen molar-refractivity contribution in [3.8, 4) is 0 Å². The highest BCUT2D eigenvalue weighted by Gasteiger charge is 2.18. The molecule has 0 bridgehead atoms. The number of aliphatic hydroxyl groups is 1. The van der Waals surface area contributed by atoms with E-state index < -0.39 is 10.0 Å². The number of aliphatic hydroxyl groups excluding tert-OH is 1. The average Bonchev–Trinajstić information content (AvgIpc) is 2.82. The predicted octanol–water partition coefficient (Wildman–Crippen LogP) is 1.58. The number of ether oxygens (including phenoxy) is 1. The lowest BCUT2D eigenvalue weighted by atomic mass is 10.1. The van der Waals surface area contributed by atoms with Gasteiger partial charge in [0.25, 0.3) is 0 Å². The third-order valence-electron chi connectivity index (χ3n) is 2.52. The second-order valence-electron chi connectivity index (χ2n) is 4.56. The van der Waals surface area contributed by atoms with Gasteiger partial charge in [-0.1, -0.05) is 13.8 Å². The van der Waals surface area contributed by atoms with Crippen LogP contribution >= 0.6 is 11.3 Å². The van der Waals surface area contributed by atoms with Gasteiger partial charge in [0.05, 0.1) is 18.1 Å². The fraction of sp³-hybridized carbons (Fsp3) is 0.667. The summed E-state index contributed by atoms with van der Waals surface area (Å²) in [5, 5.41) is 10.7. The first-order valence-corrected chi connectivity index (χ1v) is 8.58. The Balaban J connectivity index is 2.36. The Morgan fingerprint density at radius 1 is 1.42 bits per heavy atom. The van der Waals surface area contributed by atoms with Gasteiger partial charge in [-0.25, -0.2) is 13.1 Å². The Labute approximate surface area is 118 Å². The van der Waals surface area contributed by atoms with E-state index >= 15 is 0 Å². The first kappa shape index (κ1) is 16.6. The smallest absolute Gasteiger partial charge is 0.241 e. The molecular weight excluding hydrogens is 286 g/mol. The molecule has 1 rings (SSSR count). The maximum absolute atomic E-state index is 11.9. The van der Waals surface area contributed by atoms with E-state index in [1.54, 1.807) is 5.38 Å². The van der Waals surface area contributed by atoms with E-state index in [9.17, 15) is 8.42 Å². The number of thiophene rings is 1. The summed E-state index contributed by atoms with van der Waals surface area (Å²) in [6.07, 6.45) is 0.964. The topological polar surface area (TPSA) is 75.6 Å². The number of sulfonamides is 1. The molecule has 0 unspecified atom stereocenters. The summed E-state index contributed by atoms with van der Waals surface area (Å²) in [7, 11) is -3.54. The van der Waals surface area contributed by atoms with Crippen molar-refractivity contribution in [3.05, 3.63) is 16.3 Å². The largest absolute Gasteiger partial charge is 0.391 e. The summed E-state index contributed by atoms with van der Waals surface area (Å²) < 4.78 is 31.7. The van der Waals surface area contributed by atoms with Crippen molar-refractivity contribution < 1.29 is 18.3 Å². The van der Waals surface area contributed by atoms with Crippen LogP contribution in [0, 0.1) is 5.92 Å². The fourth-order valence-electron chi connectivity index (χ4n) is 1.43. The lowest BCUT2D eigenvalue weighted by Gasteiger charge is -2.08. The van der Waals surface area contributed by atoms with Crippen molar-refractivity contribution in [2.45, 2.75) is 31.8 Å². The van der Waals surface area contributed by atoms with Crippen LogP contribution in [0.1, 0.15) is 25.1 Å². The van der Waals surface area contributed by atoms with Crippen LogP contribution in [0.5, 0.6) is 0 Å². The Kier molecular flexibility index (Phi) is 6.95. The third-order valence-corrected chi connectivity index (χ3v) is 5.10. The van der Waals surface area contributed by atoms with E-state index in [2.05, 4.69) is 18.6 Å². The number of hydrogen-bond donors (Lipinski definition) is 2. The summed E-state index contributed by atoms with van der Waals surface area (Å²) in [6.45, 7) is 5.18. The lowest BCUT2D eigenvalue weighted by Crippen LogP contribution is -2.28. The molecule has 0 aliphatic heterocycles. The highest BCUT2D eigenvalue weighted by atomic mass is 32.2. The van der Waals surface area contributed by atoms with E-state index in [-0.39, 0.29) is 18.0 Å². The van der Waals surface area contributed by atoms with Gasteiger partial charge in [-0.15, -0.1) is 11.3 Å². The van der Waals surface area contributed by atoms with Crippen LogP contribution in [0.2, 0.25) is 0 Å². The predicted molar refractivity (Wildman–Crippen MR) is 75.7 cm³/mol. The summed E-state index contributed by atoms with van der Waals surface area (Å²) in [4.78, 5) is 0.607. The zero-order chi connectivity index (χ0) is 14.3. The van der Waals surface area contributed by atoms with Gasteiger partial charge in [0.15, 0.2) is 0 Å². The summed E-state index contributed by atoms with van der Waals surface area (Å²) in [6, 6.07) is 1.50. The van der Waals surface area contributed by atoms with Gasteiger partial charge in [0.2, 0.25) is 10.0 Å². The molecule has 0 saturated carbocycles. The van der Waals surface area contributed by atoms with Gasteiger partial charge < -0.3 is 9.84 Å². The van der Waals surface area contributed by atoms with E-state index in [4.69, 9.17) is 9.84 Å². The van der Waals surface area contributed by atoms with Crippen molar-refractivity contribution in [1.82, 2.24) is 4.72 Å². The minimum Gasteiger partial charge on any atom is -0.391 e. The van der Waals surface area contributed by atoms with Crippen molar-refractivity contribution in [2.24, 2.45) is 5.92 Å².